The highest BCUT2D eigenvalue weighted by atomic mass is 35.5. The third kappa shape index (κ3) is 4.24. The topological polar surface area (TPSA) is 94.0 Å². The molecule has 0 saturated carbocycles. The van der Waals surface area contributed by atoms with Crippen LogP contribution in [-0.2, 0) is 9.84 Å². The Morgan fingerprint density at radius 3 is 2.47 bits per heavy atom. The van der Waals surface area contributed by atoms with Gasteiger partial charge in [-0.25, -0.2) is 18.1 Å². The van der Waals surface area contributed by atoms with Crippen LogP contribution < -0.4 is 5.32 Å². The summed E-state index contributed by atoms with van der Waals surface area (Å²) < 4.78 is 25.6. The fourth-order valence-corrected chi connectivity index (χ4v) is 4.17. The van der Waals surface area contributed by atoms with E-state index in [1.165, 1.54) is 18.2 Å². The van der Waals surface area contributed by atoms with Crippen LogP contribution in [-0.4, -0.2) is 35.3 Å². The van der Waals surface area contributed by atoms with Gasteiger partial charge >= 0.3 is 0 Å². The zero-order valence-corrected chi connectivity index (χ0v) is 19.3. The van der Waals surface area contributed by atoms with E-state index in [1.807, 2.05) is 44.2 Å². The van der Waals surface area contributed by atoms with E-state index < -0.39 is 15.7 Å². The third-order valence-electron chi connectivity index (χ3n) is 4.98. The molecule has 0 spiro atoms. The maximum absolute atomic E-state index is 13.3. The zero-order chi connectivity index (χ0) is 23.0. The number of pyridine rings is 1. The number of carbonyl (C=O) groups is 1. The summed E-state index contributed by atoms with van der Waals surface area (Å²) in [5.41, 5.74) is 2.64. The van der Waals surface area contributed by atoms with E-state index in [2.05, 4.69) is 10.4 Å². The van der Waals surface area contributed by atoms with E-state index in [1.54, 1.807) is 16.9 Å². The van der Waals surface area contributed by atoms with Crippen molar-refractivity contribution in [1.29, 1.82) is 0 Å². The van der Waals surface area contributed by atoms with Gasteiger partial charge in [-0.3, -0.25) is 4.79 Å². The lowest BCUT2D eigenvalue weighted by Crippen LogP contribution is -2.14. The Morgan fingerprint density at radius 1 is 1.09 bits per heavy atom. The van der Waals surface area contributed by atoms with Gasteiger partial charge in [-0.1, -0.05) is 41.9 Å². The number of nitrogens with one attached hydrogen (secondary N) is 1. The summed E-state index contributed by atoms with van der Waals surface area (Å²) in [5, 5.41) is 7.98. The first-order chi connectivity index (χ1) is 15.1. The van der Waals surface area contributed by atoms with E-state index in [-0.39, 0.29) is 21.6 Å². The molecule has 4 rings (SSSR count). The molecule has 4 aromatic rings. The summed E-state index contributed by atoms with van der Waals surface area (Å²) in [4.78, 5) is 18.1. The number of hydrogen-bond acceptors (Lipinski definition) is 5. The molecule has 0 radical (unpaired) electrons. The SMILES string of the molecule is CC(C)n1ncc2c(C(=O)Nc3cc(S(C)(=O)=O)ccc3Cl)cc(-c3ccccc3)nc21. The first-order valence-corrected chi connectivity index (χ1v) is 12.2. The summed E-state index contributed by atoms with van der Waals surface area (Å²) >= 11 is 6.23. The van der Waals surface area contributed by atoms with Gasteiger partial charge in [0.1, 0.15) is 0 Å². The van der Waals surface area contributed by atoms with Crippen LogP contribution in [0.15, 0.2) is 65.7 Å². The molecule has 9 heteroatoms. The Morgan fingerprint density at radius 2 is 1.81 bits per heavy atom. The normalized spacial score (nSPS) is 11.8. The minimum atomic E-state index is -3.46. The fourth-order valence-electron chi connectivity index (χ4n) is 3.36. The predicted octanol–water partition coefficient (Wildman–Crippen LogP) is 4.99. The van der Waals surface area contributed by atoms with Crippen LogP contribution >= 0.6 is 11.6 Å². The molecule has 0 atom stereocenters. The number of aromatic nitrogens is 3. The molecule has 1 N–H and O–H groups in total. The maximum Gasteiger partial charge on any atom is 0.256 e. The van der Waals surface area contributed by atoms with Gasteiger partial charge in [0, 0.05) is 17.9 Å². The van der Waals surface area contributed by atoms with Gasteiger partial charge in [0.15, 0.2) is 15.5 Å². The van der Waals surface area contributed by atoms with Crippen molar-refractivity contribution in [1.82, 2.24) is 14.8 Å². The van der Waals surface area contributed by atoms with Crippen molar-refractivity contribution in [2.75, 3.05) is 11.6 Å². The van der Waals surface area contributed by atoms with Crippen molar-refractivity contribution >= 4 is 44.1 Å². The van der Waals surface area contributed by atoms with Gasteiger partial charge in [0.2, 0.25) is 0 Å². The van der Waals surface area contributed by atoms with Crippen LogP contribution in [0, 0.1) is 0 Å². The Hall–Kier alpha value is -3.23. The Labute approximate surface area is 191 Å². The summed E-state index contributed by atoms with van der Waals surface area (Å²) in [7, 11) is -3.46. The first kappa shape index (κ1) is 22.0. The molecule has 0 aliphatic carbocycles. The zero-order valence-electron chi connectivity index (χ0n) is 17.7. The van der Waals surface area contributed by atoms with Crippen LogP contribution in [0.4, 0.5) is 5.69 Å². The van der Waals surface area contributed by atoms with Gasteiger partial charge in [-0.05, 0) is 38.1 Å². The molecule has 0 saturated heterocycles. The molecule has 2 heterocycles. The number of halogens is 1. The standard InChI is InChI=1S/C23H21ClN4O3S/c1-14(2)28-22-18(13-25-28)17(12-20(26-22)15-7-5-4-6-8-15)23(29)27-21-11-16(32(3,30)31)9-10-19(21)24/h4-14H,1-3H3,(H,27,29). The first-order valence-electron chi connectivity index (χ1n) is 9.90. The minimum absolute atomic E-state index is 0.0443. The second-order valence-corrected chi connectivity index (χ2v) is 10.1. The average Bonchev–Trinajstić information content (AvgIpc) is 3.18. The number of sulfone groups is 1. The third-order valence-corrected chi connectivity index (χ3v) is 6.42. The van der Waals surface area contributed by atoms with Crippen LogP contribution in [0.3, 0.4) is 0 Å². The van der Waals surface area contributed by atoms with Crippen LogP contribution in [0.2, 0.25) is 5.02 Å². The minimum Gasteiger partial charge on any atom is -0.321 e. The highest BCUT2D eigenvalue weighted by Crippen LogP contribution is 2.29. The van der Waals surface area contributed by atoms with E-state index >= 15 is 0 Å². The van der Waals surface area contributed by atoms with Crippen molar-refractivity contribution in [2.24, 2.45) is 0 Å². The second kappa shape index (κ2) is 8.37. The number of benzene rings is 2. The Bertz CT molecular complexity index is 1430. The van der Waals surface area contributed by atoms with Gasteiger partial charge < -0.3 is 5.32 Å². The van der Waals surface area contributed by atoms with Crippen molar-refractivity contribution in [2.45, 2.75) is 24.8 Å². The molecule has 0 aliphatic rings. The fraction of sp³-hybridized carbons (Fsp3) is 0.174. The average molecular weight is 469 g/mol. The maximum atomic E-state index is 13.3. The quantitative estimate of drug-likeness (QED) is 0.445. The van der Waals surface area contributed by atoms with Crippen LogP contribution in [0.25, 0.3) is 22.3 Å². The molecule has 2 aromatic heterocycles. The number of hydrogen-bond donors (Lipinski definition) is 1. The number of fused-ring (bicyclic) bond motifs is 1. The van der Waals surface area contributed by atoms with Crippen LogP contribution in [0.5, 0.6) is 0 Å². The van der Waals surface area contributed by atoms with E-state index in [9.17, 15) is 13.2 Å². The molecule has 0 unspecified atom stereocenters. The molecule has 1 amide bonds. The van der Waals surface area contributed by atoms with Gasteiger partial charge in [-0.15, -0.1) is 0 Å². The summed E-state index contributed by atoms with van der Waals surface area (Å²) in [6.45, 7) is 3.97. The lowest BCUT2D eigenvalue weighted by molar-refractivity contribution is 0.102. The van der Waals surface area contributed by atoms with E-state index in [0.29, 0.717) is 22.3 Å². The number of anilines is 1. The number of amides is 1. The Balaban J connectivity index is 1.84. The number of nitrogens with zero attached hydrogens (tertiary/aromatic N) is 3. The second-order valence-electron chi connectivity index (χ2n) is 7.71. The van der Waals surface area contributed by atoms with Crippen molar-refractivity contribution in [3.05, 3.63) is 71.4 Å². The molecule has 164 valence electrons. The lowest BCUT2D eigenvalue weighted by Gasteiger charge is -2.12. The van der Waals surface area contributed by atoms with Crippen molar-refractivity contribution in [3.63, 3.8) is 0 Å². The summed E-state index contributed by atoms with van der Waals surface area (Å²) in [6.07, 6.45) is 2.71. The lowest BCUT2D eigenvalue weighted by atomic mass is 10.1. The summed E-state index contributed by atoms with van der Waals surface area (Å²) in [5.74, 6) is -0.439. The van der Waals surface area contributed by atoms with E-state index in [0.717, 1.165) is 11.8 Å². The molecular formula is C23H21ClN4O3S. The van der Waals surface area contributed by atoms with Crippen molar-refractivity contribution in [3.8, 4) is 11.3 Å². The Kier molecular flexibility index (Phi) is 5.75. The highest BCUT2D eigenvalue weighted by molar-refractivity contribution is 7.90. The molecule has 32 heavy (non-hydrogen) atoms. The molecule has 0 fully saturated rings. The number of carbonyl (C=O) groups excluding carboxylic acids is 1. The van der Waals surface area contributed by atoms with Gasteiger partial charge in [-0.2, -0.15) is 5.10 Å². The smallest absolute Gasteiger partial charge is 0.256 e. The monoisotopic (exact) mass is 468 g/mol. The number of rotatable bonds is 5. The van der Waals surface area contributed by atoms with E-state index in [4.69, 9.17) is 16.6 Å². The molecule has 2 aromatic carbocycles. The van der Waals surface area contributed by atoms with Gasteiger partial charge in [0.05, 0.1) is 38.4 Å². The largest absolute Gasteiger partial charge is 0.321 e. The van der Waals surface area contributed by atoms with Crippen molar-refractivity contribution < 1.29 is 13.2 Å². The summed E-state index contributed by atoms with van der Waals surface area (Å²) in [6, 6.07) is 15.5. The molecular weight excluding hydrogens is 448 g/mol. The molecule has 0 aliphatic heterocycles. The van der Waals surface area contributed by atoms with Gasteiger partial charge in [0.25, 0.3) is 5.91 Å². The molecule has 0 bridgehead atoms. The predicted molar refractivity (Wildman–Crippen MR) is 126 cm³/mol. The highest BCUT2D eigenvalue weighted by Gasteiger charge is 2.20. The molecule has 7 nitrogen and oxygen atoms in total. The van der Waals surface area contributed by atoms with Crippen LogP contribution in [0.1, 0.15) is 30.2 Å².